The highest BCUT2D eigenvalue weighted by atomic mass is 32.2. The second-order valence-electron chi connectivity index (χ2n) is 7.90. The first kappa shape index (κ1) is 18.9. The Morgan fingerprint density at radius 1 is 0.966 bits per heavy atom. The summed E-state index contributed by atoms with van der Waals surface area (Å²) in [7, 11) is 0. The van der Waals surface area contributed by atoms with Crippen LogP contribution in [-0.2, 0) is 11.6 Å². The summed E-state index contributed by atoms with van der Waals surface area (Å²) in [5.41, 5.74) is 0.555. The molecule has 0 unspecified atom stereocenters. The van der Waals surface area contributed by atoms with Crippen LogP contribution < -0.4 is 4.74 Å². The molecule has 0 N–H and O–H groups in total. The van der Waals surface area contributed by atoms with Gasteiger partial charge in [0.1, 0.15) is 17.3 Å². The van der Waals surface area contributed by atoms with Crippen molar-refractivity contribution in [2.75, 3.05) is 12.3 Å². The predicted octanol–water partition coefficient (Wildman–Crippen LogP) is 6.05. The number of amidine groups is 1. The summed E-state index contributed by atoms with van der Waals surface area (Å²) in [4.78, 5) is 2.51. The SMILES string of the molecule is FC(F)(F)c1ccc(Oc2ccc(C34CCC(CC3)N3CCSN=C34)cc2)cc1. The molecular weight excluding hydrogens is 397 g/mol. The molecule has 0 atom stereocenters. The van der Waals surface area contributed by atoms with Crippen molar-refractivity contribution in [1.82, 2.24) is 4.90 Å². The van der Waals surface area contributed by atoms with Gasteiger partial charge < -0.3 is 9.64 Å². The smallest absolute Gasteiger partial charge is 0.416 e. The van der Waals surface area contributed by atoms with Crippen LogP contribution >= 0.6 is 11.9 Å². The molecule has 3 nitrogen and oxygen atoms in total. The molecule has 0 amide bonds. The van der Waals surface area contributed by atoms with E-state index < -0.39 is 11.7 Å². The van der Waals surface area contributed by atoms with Crippen molar-refractivity contribution in [3.8, 4) is 11.5 Å². The lowest BCUT2D eigenvalue weighted by Crippen LogP contribution is -2.61. The summed E-state index contributed by atoms with van der Waals surface area (Å²) in [5.74, 6) is 3.29. The molecule has 7 heteroatoms. The number of rotatable bonds is 3. The molecular formula is C22H21F3N2OS. The second kappa shape index (κ2) is 6.97. The van der Waals surface area contributed by atoms with Gasteiger partial charge in [-0.05, 0) is 79.6 Å². The van der Waals surface area contributed by atoms with E-state index >= 15 is 0 Å². The molecule has 3 aliphatic heterocycles. The number of alkyl halides is 3. The summed E-state index contributed by atoms with van der Waals surface area (Å²) < 4.78 is 48.7. The molecule has 4 aliphatic rings. The van der Waals surface area contributed by atoms with E-state index in [0.29, 0.717) is 17.5 Å². The Morgan fingerprint density at radius 3 is 2.21 bits per heavy atom. The van der Waals surface area contributed by atoms with Crippen molar-refractivity contribution in [1.29, 1.82) is 0 Å². The number of halogens is 3. The van der Waals surface area contributed by atoms with Crippen LogP contribution in [0.3, 0.4) is 0 Å². The molecule has 2 bridgehead atoms. The van der Waals surface area contributed by atoms with Crippen molar-refractivity contribution < 1.29 is 17.9 Å². The molecule has 152 valence electrons. The van der Waals surface area contributed by atoms with E-state index in [4.69, 9.17) is 9.13 Å². The number of fused-ring (bicyclic) bond motifs is 2. The van der Waals surface area contributed by atoms with Crippen LogP contribution in [0.5, 0.6) is 11.5 Å². The van der Waals surface area contributed by atoms with Gasteiger partial charge in [0.05, 0.1) is 11.0 Å². The average molecular weight is 418 g/mol. The monoisotopic (exact) mass is 418 g/mol. The quantitative estimate of drug-likeness (QED) is 0.567. The van der Waals surface area contributed by atoms with Crippen molar-refractivity contribution in [3.05, 3.63) is 59.7 Å². The highest BCUT2D eigenvalue weighted by Crippen LogP contribution is 2.49. The number of nitrogens with zero attached hydrogens (tertiary/aromatic N) is 2. The lowest BCUT2D eigenvalue weighted by Gasteiger charge is -2.55. The molecule has 0 aromatic heterocycles. The molecule has 29 heavy (non-hydrogen) atoms. The third-order valence-corrected chi connectivity index (χ3v) is 7.02. The highest BCUT2D eigenvalue weighted by molar-refractivity contribution is 7.98. The van der Waals surface area contributed by atoms with E-state index in [9.17, 15) is 13.2 Å². The first-order chi connectivity index (χ1) is 14.0. The van der Waals surface area contributed by atoms with E-state index in [2.05, 4.69) is 17.0 Å². The van der Waals surface area contributed by atoms with E-state index in [0.717, 1.165) is 37.3 Å². The Balaban J connectivity index is 1.37. The van der Waals surface area contributed by atoms with Crippen LogP contribution in [0.1, 0.15) is 36.8 Å². The molecule has 3 fully saturated rings. The van der Waals surface area contributed by atoms with Crippen molar-refractivity contribution in [3.63, 3.8) is 0 Å². The van der Waals surface area contributed by atoms with E-state index in [1.54, 1.807) is 11.9 Å². The molecule has 1 aliphatic carbocycles. The number of piperidine rings is 2. The lowest BCUT2D eigenvalue weighted by molar-refractivity contribution is -0.137. The zero-order valence-electron chi connectivity index (χ0n) is 15.8. The number of hydrogen-bond acceptors (Lipinski definition) is 4. The number of hydrogen-bond donors (Lipinski definition) is 0. The Bertz CT molecular complexity index is 917. The first-order valence-corrected chi connectivity index (χ1v) is 10.8. The molecule has 2 saturated heterocycles. The Morgan fingerprint density at radius 2 is 1.59 bits per heavy atom. The fourth-order valence-corrected chi connectivity index (χ4v) is 5.63. The largest absolute Gasteiger partial charge is 0.457 e. The maximum absolute atomic E-state index is 12.7. The molecule has 0 radical (unpaired) electrons. The maximum Gasteiger partial charge on any atom is 0.416 e. The van der Waals surface area contributed by atoms with Gasteiger partial charge in [-0.3, -0.25) is 0 Å². The molecule has 0 spiro atoms. The minimum absolute atomic E-state index is 0.0188. The van der Waals surface area contributed by atoms with Gasteiger partial charge in [-0.2, -0.15) is 13.2 Å². The summed E-state index contributed by atoms with van der Waals surface area (Å²) in [6.07, 6.45) is 0.298. The summed E-state index contributed by atoms with van der Waals surface area (Å²) in [5, 5.41) is 0. The van der Waals surface area contributed by atoms with Crippen molar-refractivity contribution >= 4 is 17.8 Å². The van der Waals surface area contributed by atoms with Gasteiger partial charge in [0, 0.05) is 18.3 Å². The summed E-state index contributed by atoms with van der Waals surface area (Å²) in [6, 6.07) is 13.4. The van der Waals surface area contributed by atoms with E-state index in [1.165, 1.54) is 36.4 Å². The minimum atomic E-state index is -4.34. The van der Waals surface area contributed by atoms with Gasteiger partial charge >= 0.3 is 6.18 Å². The zero-order chi connectivity index (χ0) is 20.1. The standard InChI is InChI=1S/C22H21F3N2OS/c23-22(24,25)16-3-7-19(8-4-16)28-18-5-1-15(2-6-18)21-11-9-17(10-12-21)27-13-14-29-26-20(21)27/h1-8,17H,9-14H2. The highest BCUT2D eigenvalue weighted by Gasteiger charge is 2.51. The summed E-state index contributed by atoms with van der Waals surface area (Å²) in [6.45, 7) is 1.07. The van der Waals surface area contributed by atoms with Crippen LogP contribution in [0.4, 0.5) is 13.2 Å². The molecule has 1 saturated carbocycles. The maximum atomic E-state index is 12.7. The Hall–Kier alpha value is -2.15. The third kappa shape index (κ3) is 3.29. The van der Waals surface area contributed by atoms with Crippen molar-refractivity contribution in [2.45, 2.75) is 43.3 Å². The van der Waals surface area contributed by atoms with Gasteiger partial charge in [0.15, 0.2) is 0 Å². The Labute approximate surface area is 172 Å². The Kier molecular flexibility index (Phi) is 4.53. The number of ether oxygens (including phenoxy) is 1. The third-order valence-electron chi connectivity index (χ3n) is 6.35. The fourth-order valence-electron chi connectivity index (χ4n) is 4.86. The normalized spacial score (nSPS) is 26.1. The van der Waals surface area contributed by atoms with Gasteiger partial charge in [0.2, 0.25) is 0 Å². The topological polar surface area (TPSA) is 24.8 Å². The van der Waals surface area contributed by atoms with E-state index in [-0.39, 0.29) is 5.41 Å². The van der Waals surface area contributed by atoms with Crippen LogP contribution in [0.25, 0.3) is 0 Å². The second-order valence-corrected chi connectivity index (χ2v) is 8.75. The number of benzene rings is 2. The minimum Gasteiger partial charge on any atom is -0.457 e. The van der Waals surface area contributed by atoms with Crippen LogP contribution in [-0.4, -0.2) is 29.1 Å². The molecule has 2 aromatic rings. The molecule has 3 heterocycles. The van der Waals surface area contributed by atoms with Crippen LogP contribution in [0, 0.1) is 0 Å². The van der Waals surface area contributed by atoms with Gasteiger partial charge in [0.25, 0.3) is 0 Å². The van der Waals surface area contributed by atoms with Gasteiger partial charge in [-0.25, -0.2) is 4.40 Å². The zero-order valence-corrected chi connectivity index (χ0v) is 16.6. The van der Waals surface area contributed by atoms with Gasteiger partial charge in [-0.15, -0.1) is 0 Å². The van der Waals surface area contributed by atoms with Crippen molar-refractivity contribution in [2.24, 2.45) is 4.40 Å². The van der Waals surface area contributed by atoms with E-state index in [1.807, 2.05) is 12.1 Å². The van der Waals surface area contributed by atoms with Crippen LogP contribution in [0.2, 0.25) is 0 Å². The van der Waals surface area contributed by atoms with Gasteiger partial charge in [-0.1, -0.05) is 12.1 Å². The molecule has 2 aromatic carbocycles. The molecule has 6 rings (SSSR count). The fraction of sp³-hybridized carbons (Fsp3) is 0.409. The summed E-state index contributed by atoms with van der Waals surface area (Å²) >= 11 is 1.66. The lowest BCUT2D eigenvalue weighted by atomic mass is 9.63. The van der Waals surface area contributed by atoms with Crippen LogP contribution in [0.15, 0.2) is 52.9 Å². The average Bonchev–Trinajstić information content (AvgIpc) is 2.75. The predicted molar refractivity (Wildman–Crippen MR) is 108 cm³/mol. The first-order valence-electron chi connectivity index (χ1n) is 9.88.